The molecular weight excluding hydrogens is 162 g/mol. The number of ether oxygens (including phenoxy) is 1. The summed E-state index contributed by atoms with van der Waals surface area (Å²) in [7, 11) is 1.77. The number of rotatable bonds is 3. The van der Waals surface area contributed by atoms with E-state index in [1.807, 2.05) is 0 Å². The molecule has 2 heteroatoms. The van der Waals surface area contributed by atoms with Crippen LogP contribution in [0, 0.1) is 0 Å². The van der Waals surface area contributed by atoms with Gasteiger partial charge in [0.05, 0.1) is 6.61 Å². The van der Waals surface area contributed by atoms with E-state index >= 15 is 0 Å². The third-order valence-electron chi connectivity index (χ3n) is 2.73. The topological polar surface area (TPSA) is 21.3 Å². The molecule has 70 valence electrons. The van der Waals surface area contributed by atoms with Crippen LogP contribution in [0.4, 0.5) is 0 Å². The molecule has 1 saturated heterocycles. The summed E-state index contributed by atoms with van der Waals surface area (Å²) < 4.78 is 5.26. The lowest BCUT2D eigenvalue weighted by Gasteiger charge is -2.42. The van der Waals surface area contributed by atoms with Gasteiger partial charge in [0.15, 0.2) is 0 Å². The van der Waals surface area contributed by atoms with E-state index in [-0.39, 0.29) is 5.41 Å². The summed E-state index contributed by atoms with van der Waals surface area (Å²) in [5, 5.41) is 3.31. The van der Waals surface area contributed by atoms with Crippen LogP contribution in [0.2, 0.25) is 0 Å². The summed E-state index contributed by atoms with van der Waals surface area (Å²) in [4.78, 5) is 0. The number of methoxy groups -OCH3 is 1. The molecule has 2 nitrogen and oxygen atoms in total. The Bertz CT molecular complexity index is 267. The van der Waals surface area contributed by atoms with Crippen LogP contribution in [-0.2, 0) is 10.2 Å². The fourth-order valence-corrected chi connectivity index (χ4v) is 1.88. The highest BCUT2D eigenvalue weighted by atomic mass is 16.5. The van der Waals surface area contributed by atoms with E-state index in [0.717, 1.165) is 19.7 Å². The average Bonchev–Trinajstić information content (AvgIpc) is 2.13. The summed E-state index contributed by atoms with van der Waals surface area (Å²) >= 11 is 0. The Morgan fingerprint density at radius 1 is 1.31 bits per heavy atom. The fraction of sp³-hybridized carbons (Fsp3) is 0.455. The maximum Gasteiger partial charge on any atom is 0.0583 e. The molecule has 1 N–H and O–H groups in total. The molecule has 0 saturated carbocycles. The van der Waals surface area contributed by atoms with Crippen LogP contribution in [0.25, 0.3) is 0 Å². The normalized spacial score (nSPS) is 19.5. The van der Waals surface area contributed by atoms with Crippen LogP contribution in [0.3, 0.4) is 0 Å². The molecule has 1 aliphatic heterocycles. The molecule has 1 aliphatic rings. The van der Waals surface area contributed by atoms with Crippen LogP contribution in [0.15, 0.2) is 30.3 Å². The molecule has 1 aromatic carbocycles. The second-order valence-corrected chi connectivity index (χ2v) is 3.68. The van der Waals surface area contributed by atoms with Gasteiger partial charge in [0, 0.05) is 25.6 Å². The zero-order valence-electron chi connectivity index (χ0n) is 7.92. The summed E-state index contributed by atoms with van der Waals surface area (Å²) in [6.07, 6.45) is 0. The van der Waals surface area contributed by atoms with Gasteiger partial charge in [-0.05, 0) is 5.56 Å². The van der Waals surface area contributed by atoms with Gasteiger partial charge < -0.3 is 10.1 Å². The molecule has 0 bridgehead atoms. The van der Waals surface area contributed by atoms with Gasteiger partial charge in [0.2, 0.25) is 0 Å². The van der Waals surface area contributed by atoms with Gasteiger partial charge in [-0.1, -0.05) is 30.3 Å². The second-order valence-electron chi connectivity index (χ2n) is 3.68. The van der Waals surface area contributed by atoms with Crippen LogP contribution >= 0.6 is 0 Å². The van der Waals surface area contributed by atoms with Gasteiger partial charge in [-0.3, -0.25) is 0 Å². The van der Waals surface area contributed by atoms with Crippen molar-refractivity contribution < 1.29 is 4.74 Å². The van der Waals surface area contributed by atoms with Crippen molar-refractivity contribution in [2.24, 2.45) is 0 Å². The zero-order chi connectivity index (χ0) is 9.15. The molecule has 0 aliphatic carbocycles. The van der Waals surface area contributed by atoms with E-state index in [4.69, 9.17) is 4.74 Å². The first kappa shape index (κ1) is 8.73. The maximum absolute atomic E-state index is 5.26. The summed E-state index contributed by atoms with van der Waals surface area (Å²) in [5.74, 6) is 0. The Hall–Kier alpha value is -0.860. The van der Waals surface area contributed by atoms with Gasteiger partial charge >= 0.3 is 0 Å². The lowest BCUT2D eigenvalue weighted by molar-refractivity contribution is 0.0947. The third-order valence-corrected chi connectivity index (χ3v) is 2.73. The summed E-state index contributed by atoms with van der Waals surface area (Å²) in [6, 6.07) is 10.6. The van der Waals surface area contributed by atoms with E-state index in [9.17, 15) is 0 Å². The predicted octanol–water partition coefficient (Wildman–Crippen LogP) is 1.17. The van der Waals surface area contributed by atoms with Gasteiger partial charge in [-0.2, -0.15) is 0 Å². The van der Waals surface area contributed by atoms with Gasteiger partial charge in [-0.25, -0.2) is 0 Å². The van der Waals surface area contributed by atoms with Crippen LogP contribution in [0.1, 0.15) is 5.56 Å². The molecule has 0 aromatic heterocycles. The maximum atomic E-state index is 5.26. The Balaban J connectivity index is 2.22. The monoisotopic (exact) mass is 177 g/mol. The van der Waals surface area contributed by atoms with Crippen molar-refractivity contribution >= 4 is 0 Å². The van der Waals surface area contributed by atoms with E-state index in [1.165, 1.54) is 5.56 Å². The van der Waals surface area contributed by atoms with Crippen molar-refractivity contribution in [3.63, 3.8) is 0 Å². The van der Waals surface area contributed by atoms with Crippen LogP contribution in [-0.4, -0.2) is 26.8 Å². The highest BCUT2D eigenvalue weighted by Gasteiger charge is 2.38. The van der Waals surface area contributed by atoms with Crippen molar-refractivity contribution in [2.45, 2.75) is 5.41 Å². The van der Waals surface area contributed by atoms with Crippen molar-refractivity contribution in [3.05, 3.63) is 35.9 Å². The Morgan fingerprint density at radius 2 is 2.00 bits per heavy atom. The molecule has 1 heterocycles. The molecule has 13 heavy (non-hydrogen) atoms. The minimum atomic E-state index is 0.232. The van der Waals surface area contributed by atoms with Crippen molar-refractivity contribution in [1.29, 1.82) is 0 Å². The Morgan fingerprint density at radius 3 is 2.46 bits per heavy atom. The molecule has 0 spiro atoms. The van der Waals surface area contributed by atoms with Crippen LogP contribution in [0.5, 0.6) is 0 Å². The minimum Gasteiger partial charge on any atom is -0.384 e. The third kappa shape index (κ3) is 1.47. The highest BCUT2D eigenvalue weighted by molar-refractivity contribution is 5.29. The van der Waals surface area contributed by atoms with Crippen LogP contribution < -0.4 is 5.32 Å². The first-order valence-electron chi connectivity index (χ1n) is 4.63. The van der Waals surface area contributed by atoms with Crippen molar-refractivity contribution in [3.8, 4) is 0 Å². The van der Waals surface area contributed by atoms with Crippen molar-refractivity contribution in [2.75, 3.05) is 26.8 Å². The van der Waals surface area contributed by atoms with E-state index < -0.39 is 0 Å². The summed E-state index contributed by atoms with van der Waals surface area (Å²) in [5.41, 5.74) is 1.62. The van der Waals surface area contributed by atoms with Gasteiger partial charge in [0.25, 0.3) is 0 Å². The standard InChI is InChI=1S/C11H15NO/c1-13-9-11(7-12-8-11)10-5-3-2-4-6-10/h2-6,12H,7-9H2,1H3. The molecule has 0 radical (unpaired) electrons. The average molecular weight is 177 g/mol. The number of hydrogen-bond acceptors (Lipinski definition) is 2. The largest absolute Gasteiger partial charge is 0.384 e. The van der Waals surface area contributed by atoms with E-state index in [2.05, 4.69) is 35.6 Å². The molecule has 1 aromatic rings. The Labute approximate surface area is 78.9 Å². The highest BCUT2D eigenvalue weighted by Crippen LogP contribution is 2.28. The molecule has 1 fully saturated rings. The van der Waals surface area contributed by atoms with E-state index in [1.54, 1.807) is 7.11 Å². The molecule has 0 unspecified atom stereocenters. The lowest BCUT2D eigenvalue weighted by Crippen LogP contribution is -2.59. The predicted molar refractivity (Wildman–Crippen MR) is 52.9 cm³/mol. The minimum absolute atomic E-state index is 0.232. The fourth-order valence-electron chi connectivity index (χ4n) is 1.88. The molecule has 0 amide bonds. The van der Waals surface area contributed by atoms with E-state index in [0.29, 0.717) is 0 Å². The quantitative estimate of drug-likeness (QED) is 0.748. The van der Waals surface area contributed by atoms with Gasteiger partial charge in [-0.15, -0.1) is 0 Å². The van der Waals surface area contributed by atoms with Gasteiger partial charge in [0.1, 0.15) is 0 Å². The first-order valence-corrected chi connectivity index (χ1v) is 4.63. The summed E-state index contributed by atoms with van der Waals surface area (Å²) in [6.45, 7) is 2.87. The lowest BCUT2D eigenvalue weighted by atomic mass is 9.76. The van der Waals surface area contributed by atoms with Crippen molar-refractivity contribution in [1.82, 2.24) is 5.32 Å². The Kier molecular flexibility index (Phi) is 2.34. The zero-order valence-corrected chi connectivity index (χ0v) is 7.92. The molecule has 0 atom stereocenters. The number of nitrogens with one attached hydrogen (secondary N) is 1. The number of hydrogen-bond donors (Lipinski definition) is 1. The second kappa shape index (κ2) is 3.48. The molecule has 2 rings (SSSR count). The first-order chi connectivity index (χ1) is 6.37. The SMILES string of the molecule is COCC1(c2ccccc2)CNC1. The number of benzene rings is 1. The molecular formula is C11H15NO. The smallest absolute Gasteiger partial charge is 0.0583 e.